The minimum absolute atomic E-state index is 0.176. The van der Waals surface area contributed by atoms with Crippen molar-refractivity contribution in [1.82, 2.24) is 14.8 Å². The van der Waals surface area contributed by atoms with Crippen LogP contribution >= 0.6 is 0 Å². The van der Waals surface area contributed by atoms with Crippen molar-refractivity contribution in [3.8, 4) is 5.75 Å². The first-order valence-electron chi connectivity index (χ1n) is 7.83. The Bertz CT molecular complexity index is 799. The molecule has 8 nitrogen and oxygen atoms in total. The number of carbonyl (C=O) groups is 1. The molecule has 0 aliphatic carbocycles. The molecular formula is C17H20N4O4. The lowest BCUT2D eigenvalue weighted by molar-refractivity contribution is -0.140. The maximum Gasteiger partial charge on any atom is 0.338 e. The average molecular weight is 344 g/mol. The van der Waals surface area contributed by atoms with Gasteiger partial charge in [-0.1, -0.05) is 18.2 Å². The van der Waals surface area contributed by atoms with E-state index in [2.05, 4.69) is 15.4 Å². The Balaban J connectivity index is 2.06. The van der Waals surface area contributed by atoms with Crippen molar-refractivity contribution in [1.29, 1.82) is 0 Å². The van der Waals surface area contributed by atoms with E-state index in [1.54, 1.807) is 18.9 Å². The van der Waals surface area contributed by atoms with Gasteiger partial charge in [0.25, 0.3) is 0 Å². The van der Waals surface area contributed by atoms with Gasteiger partial charge in [-0.15, -0.1) is 0 Å². The quantitative estimate of drug-likeness (QED) is 0.631. The fourth-order valence-electron chi connectivity index (χ4n) is 2.83. The molecule has 25 heavy (non-hydrogen) atoms. The maximum absolute atomic E-state index is 12.7. The number of allylic oxidation sites excluding steroid dienone is 1. The van der Waals surface area contributed by atoms with E-state index in [0.717, 1.165) is 5.56 Å². The van der Waals surface area contributed by atoms with Crippen LogP contribution in [0.2, 0.25) is 0 Å². The largest absolute Gasteiger partial charge is 0.496 e. The summed E-state index contributed by atoms with van der Waals surface area (Å²) >= 11 is 0. The van der Waals surface area contributed by atoms with E-state index in [1.807, 2.05) is 31.2 Å². The number of nitrogens with one attached hydrogen (secondary N) is 1. The van der Waals surface area contributed by atoms with Crippen molar-refractivity contribution in [2.75, 3.05) is 32.8 Å². The predicted molar refractivity (Wildman–Crippen MR) is 90.3 cm³/mol. The molecule has 1 N–H and O–H groups in total. The maximum atomic E-state index is 12.7. The van der Waals surface area contributed by atoms with E-state index < -0.39 is 12.0 Å². The fourth-order valence-corrected chi connectivity index (χ4v) is 2.83. The van der Waals surface area contributed by atoms with E-state index in [4.69, 9.17) is 14.2 Å². The van der Waals surface area contributed by atoms with E-state index in [9.17, 15) is 4.79 Å². The lowest BCUT2D eigenvalue weighted by atomic mass is 9.95. The van der Waals surface area contributed by atoms with Gasteiger partial charge in [-0.3, -0.25) is 0 Å². The lowest BCUT2D eigenvalue weighted by Gasteiger charge is -2.29. The first-order valence-corrected chi connectivity index (χ1v) is 7.83. The molecule has 2 heterocycles. The summed E-state index contributed by atoms with van der Waals surface area (Å²) in [4.78, 5) is 16.9. The topological polar surface area (TPSA) is 87.5 Å². The smallest absolute Gasteiger partial charge is 0.338 e. The minimum atomic E-state index is -0.495. The van der Waals surface area contributed by atoms with Gasteiger partial charge in [0.05, 0.1) is 19.3 Å². The molecular weight excluding hydrogens is 324 g/mol. The molecule has 0 bridgehead atoms. The third kappa shape index (κ3) is 3.20. The molecule has 0 saturated heterocycles. The van der Waals surface area contributed by atoms with Crippen LogP contribution in [0.1, 0.15) is 18.5 Å². The van der Waals surface area contributed by atoms with Gasteiger partial charge >= 0.3 is 5.97 Å². The highest BCUT2D eigenvalue weighted by Crippen LogP contribution is 2.38. The summed E-state index contributed by atoms with van der Waals surface area (Å²) in [5.74, 6) is 0.784. The normalized spacial score (nSPS) is 16.2. The van der Waals surface area contributed by atoms with Crippen molar-refractivity contribution in [3.63, 3.8) is 0 Å². The summed E-state index contributed by atoms with van der Waals surface area (Å²) in [7, 11) is 3.15. The molecule has 2 aromatic rings. The van der Waals surface area contributed by atoms with Crippen molar-refractivity contribution in [2.24, 2.45) is 0 Å². The number of fused-ring (bicyclic) bond motifs is 1. The number of rotatable bonds is 6. The second-order valence-corrected chi connectivity index (χ2v) is 5.47. The number of nitrogens with zero attached hydrogens (tertiary/aromatic N) is 3. The summed E-state index contributed by atoms with van der Waals surface area (Å²) in [6.07, 6.45) is 1.44. The number of ether oxygens (including phenoxy) is 3. The van der Waals surface area contributed by atoms with E-state index >= 15 is 0 Å². The van der Waals surface area contributed by atoms with Crippen LogP contribution in [0.4, 0.5) is 5.95 Å². The Kier molecular flexibility index (Phi) is 4.99. The number of carbonyl (C=O) groups excluding carboxylic acids is 1. The number of benzene rings is 1. The monoisotopic (exact) mass is 344 g/mol. The summed E-state index contributed by atoms with van der Waals surface area (Å²) in [6.45, 7) is 2.32. The molecule has 1 aromatic heterocycles. The lowest BCUT2D eigenvalue weighted by Crippen LogP contribution is -2.30. The van der Waals surface area contributed by atoms with Gasteiger partial charge in [0.2, 0.25) is 5.95 Å². The average Bonchev–Trinajstić information content (AvgIpc) is 3.08. The number of hydrogen-bond acceptors (Lipinski definition) is 7. The van der Waals surface area contributed by atoms with Crippen LogP contribution in [0.25, 0.3) is 0 Å². The molecule has 0 fully saturated rings. The molecule has 1 aliphatic rings. The number of methoxy groups -OCH3 is 2. The van der Waals surface area contributed by atoms with Crippen molar-refractivity contribution in [2.45, 2.75) is 13.0 Å². The second-order valence-electron chi connectivity index (χ2n) is 5.47. The first-order chi connectivity index (χ1) is 12.2. The Morgan fingerprint density at radius 3 is 2.84 bits per heavy atom. The molecule has 0 saturated carbocycles. The zero-order valence-electron chi connectivity index (χ0n) is 14.4. The molecule has 132 valence electrons. The molecule has 1 aromatic carbocycles. The van der Waals surface area contributed by atoms with Crippen molar-refractivity contribution >= 4 is 11.9 Å². The third-order valence-electron chi connectivity index (χ3n) is 3.97. The number of aromatic nitrogens is 3. The number of para-hydroxylation sites is 1. The molecule has 0 radical (unpaired) electrons. The van der Waals surface area contributed by atoms with Gasteiger partial charge in [0.15, 0.2) is 0 Å². The number of anilines is 1. The number of hydrogen-bond donors (Lipinski definition) is 1. The molecule has 8 heteroatoms. The Labute approximate surface area is 145 Å². The number of esters is 1. The predicted octanol–water partition coefficient (Wildman–Crippen LogP) is 1.77. The molecule has 0 spiro atoms. The Morgan fingerprint density at radius 1 is 1.28 bits per heavy atom. The van der Waals surface area contributed by atoms with Crippen LogP contribution in [0.15, 0.2) is 41.9 Å². The molecule has 0 unspecified atom stereocenters. The summed E-state index contributed by atoms with van der Waals surface area (Å²) in [6, 6.07) is 7.01. The molecule has 1 atom stereocenters. The van der Waals surface area contributed by atoms with Crippen LogP contribution in [0.5, 0.6) is 5.75 Å². The van der Waals surface area contributed by atoms with Crippen molar-refractivity contribution in [3.05, 3.63) is 47.4 Å². The van der Waals surface area contributed by atoms with Crippen LogP contribution in [-0.4, -0.2) is 48.2 Å². The van der Waals surface area contributed by atoms with E-state index in [-0.39, 0.29) is 6.61 Å². The second kappa shape index (κ2) is 7.35. The van der Waals surface area contributed by atoms with Gasteiger partial charge in [-0.25, -0.2) is 9.48 Å². The highest BCUT2D eigenvalue weighted by Gasteiger charge is 2.35. The highest BCUT2D eigenvalue weighted by molar-refractivity contribution is 5.92. The summed E-state index contributed by atoms with van der Waals surface area (Å²) in [5, 5.41) is 7.37. The first kappa shape index (κ1) is 17.0. The zero-order valence-corrected chi connectivity index (χ0v) is 14.4. The minimum Gasteiger partial charge on any atom is -0.496 e. The van der Waals surface area contributed by atoms with Gasteiger partial charge in [-0.2, -0.15) is 10.1 Å². The standard InChI is InChI=1S/C17H20N4O4/c1-11-14(16(22)25-9-8-23-2)15(21-17(20-11)18-10-19-21)12-6-4-5-7-13(12)24-3/h4-7,10,15H,8-9H2,1-3H3,(H,18,19,20)/t15-/m1/s1. The van der Waals surface area contributed by atoms with Crippen LogP contribution in [0, 0.1) is 0 Å². The van der Waals surface area contributed by atoms with Gasteiger partial charge in [0.1, 0.15) is 24.7 Å². The van der Waals surface area contributed by atoms with Gasteiger partial charge in [0, 0.05) is 18.4 Å². The zero-order chi connectivity index (χ0) is 17.8. The van der Waals surface area contributed by atoms with E-state index in [1.165, 1.54) is 6.33 Å². The Hall–Kier alpha value is -2.87. The molecule has 1 aliphatic heterocycles. The fraction of sp³-hybridized carbons (Fsp3) is 0.353. The summed E-state index contributed by atoms with van der Waals surface area (Å²) < 4.78 is 17.4. The third-order valence-corrected chi connectivity index (χ3v) is 3.97. The van der Waals surface area contributed by atoms with Gasteiger partial charge < -0.3 is 19.5 Å². The van der Waals surface area contributed by atoms with Crippen molar-refractivity contribution < 1.29 is 19.0 Å². The van der Waals surface area contributed by atoms with Crippen LogP contribution in [-0.2, 0) is 14.3 Å². The van der Waals surface area contributed by atoms with Crippen LogP contribution in [0.3, 0.4) is 0 Å². The Morgan fingerprint density at radius 2 is 2.08 bits per heavy atom. The summed E-state index contributed by atoms with van der Waals surface area (Å²) in [5.41, 5.74) is 1.92. The van der Waals surface area contributed by atoms with Crippen LogP contribution < -0.4 is 10.1 Å². The highest BCUT2D eigenvalue weighted by atomic mass is 16.6. The molecule has 0 amide bonds. The SMILES string of the molecule is COCCOC(=O)C1=C(C)Nc2ncnn2[C@@H]1c1ccccc1OC. The van der Waals surface area contributed by atoms with Gasteiger partial charge in [-0.05, 0) is 13.0 Å². The molecule has 3 rings (SSSR count). The van der Waals surface area contributed by atoms with E-state index in [0.29, 0.717) is 29.6 Å².